The first-order valence-corrected chi connectivity index (χ1v) is 3.95. The second-order valence-corrected chi connectivity index (χ2v) is 2.76. The molecule has 1 aromatic heterocycles. The zero-order valence-corrected chi connectivity index (χ0v) is 7.12. The summed E-state index contributed by atoms with van der Waals surface area (Å²) in [6.45, 7) is 2.07. The second kappa shape index (κ2) is 3.48. The first kappa shape index (κ1) is 8.20. The van der Waals surface area contributed by atoms with Gasteiger partial charge in [0, 0.05) is 11.8 Å². The highest BCUT2D eigenvalue weighted by Gasteiger charge is 1.93. The Morgan fingerprint density at radius 2 is 2.36 bits per heavy atom. The minimum atomic E-state index is -0.241. The van der Waals surface area contributed by atoms with E-state index in [9.17, 15) is 4.79 Å². The Hall–Kier alpha value is -0.900. The van der Waals surface area contributed by atoms with Crippen molar-refractivity contribution in [3.05, 3.63) is 26.9 Å². The van der Waals surface area contributed by atoms with Crippen molar-refractivity contribution in [1.29, 1.82) is 0 Å². The van der Waals surface area contributed by atoms with Gasteiger partial charge in [-0.15, -0.1) is 0 Å². The molecule has 4 heteroatoms. The summed E-state index contributed by atoms with van der Waals surface area (Å²) in [5, 5.41) is 0. The number of hydrogen-bond donors (Lipinski definition) is 2. The number of nitrogens with one attached hydrogen (secondary N) is 2. The summed E-state index contributed by atoms with van der Waals surface area (Å²) in [7, 11) is 0. The number of hydrogen-bond acceptors (Lipinski definition) is 2. The van der Waals surface area contributed by atoms with E-state index in [2.05, 4.69) is 16.9 Å². The van der Waals surface area contributed by atoms with Crippen molar-refractivity contribution in [2.24, 2.45) is 0 Å². The van der Waals surface area contributed by atoms with Crippen LogP contribution < -0.4 is 5.69 Å². The molecule has 0 saturated carbocycles. The summed E-state index contributed by atoms with van der Waals surface area (Å²) < 4.78 is 0.551. The molecule has 11 heavy (non-hydrogen) atoms. The highest BCUT2D eigenvalue weighted by Crippen LogP contribution is 1.98. The van der Waals surface area contributed by atoms with E-state index in [0.717, 1.165) is 18.4 Å². The predicted octanol–water partition coefficient (Wildman–Crippen LogP) is 1.38. The molecule has 1 heterocycles. The van der Waals surface area contributed by atoms with Crippen molar-refractivity contribution in [2.75, 3.05) is 0 Å². The summed E-state index contributed by atoms with van der Waals surface area (Å²) >= 11 is 4.93. The quantitative estimate of drug-likeness (QED) is 0.659. The van der Waals surface area contributed by atoms with Gasteiger partial charge in [-0.05, 0) is 6.42 Å². The molecule has 3 nitrogen and oxygen atoms in total. The fraction of sp³-hybridized carbons (Fsp3) is 0.429. The minimum Gasteiger partial charge on any atom is -0.314 e. The highest BCUT2D eigenvalue weighted by atomic mass is 32.1. The van der Waals surface area contributed by atoms with Gasteiger partial charge < -0.3 is 4.98 Å². The van der Waals surface area contributed by atoms with Crippen molar-refractivity contribution in [3.8, 4) is 0 Å². The van der Waals surface area contributed by atoms with Crippen LogP contribution >= 0.6 is 12.2 Å². The summed E-state index contributed by atoms with van der Waals surface area (Å²) in [5.41, 5.74) is 0.761. The van der Waals surface area contributed by atoms with Crippen molar-refractivity contribution in [3.63, 3.8) is 0 Å². The van der Waals surface area contributed by atoms with Crippen LogP contribution in [0.15, 0.2) is 11.0 Å². The zero-order valence-electron chi connectivity index (χ0n) is 6.31. The van der Waals surface area contributed by atoms with Gasteiger partial charge in [-0.1, -0.05) is 25.6 Å². The molecule has 0 atom stereocenters. The van der Waals surface area contributed by atoms with E-state index in [0.29, 0.717) is 4.64 Å². The number of aromatic nitrogens is 2. The second-order valence-electron chi connectivity index (χ2n) is 2.35. The van der Waals surface area contributed by atoms with Crippen molar-refractivity contribution < 1.29 is 0 Å². The van der Waals surface area contributed by atoms with Gasteiger partial charge in [0.15, 0.2) is 0 Å². The van der Waals surface area contributed by atoms with Crippen LogP contribution in [-0.2, 0) is 6.42 Å². The summed E-state index contributed by atoms with van der Waals surface area (Å²) in [6.07, 6.45) is 3.61. The van der Waals surface area contributed by atoms with E-state index >= 15 is 0 Å². The molecule has 0 unspecified atom stereocenters. The largest absolute Gasteiger partial charge is 0.323 e. The van der Waals surface area contributed by atoms with Gasteiger partial charge in [-0.3, -0.25) is 4.98 Å². The number of H-pyrrole nitrogens is 2. The Morgan fingerprint density at radius 3 is 2.91 bits per heavy atom. The zero-order chi connectivity index (χ0) is 8.27. The molecule has 1 aromatic rings. The van der Waals surface area contributed by atoms with E-state index in [1.165, 1.54) is 0 Å². The average Bonchev–Trinajstić information content (AvgIpc) is 1.95. The van der Waals surface area contributed by atoms with Crippen molar-refractivity contribution in [1.82, 2.24) is 9.97 Å². The van der Waals surface area contributed by atoms with E-state index < -0.39 is 0 Å². The fourth-order valence-corrected chi connectivity index (χ4v) is 1.15. The molecule has 60 valence electrons. The lowest BCUT2D eigenvalue weighted by Crippen LogP contribution is -2.10. The molecule has 0 aliphatic rings. The third kappa shape index (κ3) is 2.01. The lowest BCUT2D eigenvalue weighted by Gasteiger charge is -1.95. The highest BCUT2D eigenvalue weighted by molar-refractivity contribution is 7.71. The maximum absolute atomic E-state index is 10.7. The van der Waals surface area contributed by atoms with Gasteiger partial charge in [-0.2, -0.15) is 0 Å². The van der Waals surface area contributed by atoms with Crippen LogP contribution in [0, 0.1) is 4.64 Å². The normalized spacial score (nSPS) is 9.91. The van der Waals surface area contributed by atoms with Crippen molar-refractivity contribution in [2.45, 2.75) is 19.8 Å². The Labute approximate surface area is 69.5 Å². The van der Waals surface area contributed by atoms with E-state index in [-0.39, 0.29) is 5.69 Å². The van der Waals surface area contributed by atoms with Gasteiger partial charge in [0.2, 0.25) is 0 Å². The minimum absolute atomic E-state index is 0.241. The van der Waals surface area contributed by atoms with Gasteiger partial charge in [0.1, 0.15) is 4.64 Å². The molecule has 0 amide bonds. The SMILES string of the molecule is CCCc1c[nH]c(=O)[nH]c1=S. The van der Waals surface area contributed by atoms with Crippen LogP contribution in [0.25, 0.3) is 0 Å². The van der Waals surface area contributed by atoms with E-state index in [1.54, 1.807) is 6.20 Å². The Morgan fingerprint density at radius 1 is 1.64 bits per heavy atom. The third-order valence-electron chi connectivity index (χ3n) is 1.42. The standard InChI is InChI=1S/C7H10N2OS/c1-2-3-5-4-8-7(10)9-6(5)11/h4H,2-3H2,1H3,(H2,8,9,10,11). The molecule has 0 bridgehead atoms. The monoisotopic (exact) mass is 170 g/mol. The van der Waals surface area contributed by atoms with Crippen molar-refractivity contribution >= 4 is 12.2 Å². The van der Waals surface area contributed by atoms with E-state index in [1.807, 2.05) is 0 Å². The molecule has 0 aliphatic heterocycles. The van der Waals surface area contributed by atoms with Crippen LogP contribution in [0.5, 0.6) is 0 Å². The Balaban J connectivity index is 3.10. The summed E-state index contributed by atoms with van der Waals surface area (Å²) in [4.78, 5) is 15.7. The van der Waals surface area contributed by atoms with Crippen LogP contribution in [0.3, 0.4) is 0 Å². The number of rotatable bonds is 2. The molecular weight excluding hydrogens is 160 g/mol. The molecule has 0 aromatic carbocycles. The molecule has 2 N–H and O–H groups in total. The number of aromatic amines is 2. The van der Waals surface area contributed by atoms with Crippen LogP contribution in [0.1, 0.15) is 18.9 Å². The van der Waals surface area contributed by atoms with E-state index in [4.69, 9.17) is 12.2 Å². The molecule has 0 aliphatic carbocycles. The topological polar surface area (TPSA) is 48.6 Å². The fourth-order valence-electron chi connectivity index (χ4n) is 0.893. The lowest BCUT2D eigenvalue weighted by atomic mass is 10.2. The summed E-state index contributed by atoms with van der Waals surface area (Å²) in [6, 6.07) is 0. The van der Waals surface area contributed by atoms with Gasteiger partial charge >= 0.3 is 5.69 Å². The molecule has 0 fully saturated rings. The van der Waals surface area contributed by atoms with Crippen LogP contribution in [0.2, 0.25) is 0 Å². The molecule has 1 rings (SSSR count). The van der Waals surface area contributed by atoms with Crippen LogP contribution in [0.4, 0.5) is 0 Å². The smallest absolute Gasteiger partial charge is 0.314 e. The average molecular weight is 170 g/mol. The molecular formula is C7H10N2OS. The van der Waals surface area contributed by atoms with Gasteiger partial charge in [-0.25, -0.2) is 4.79 Å². The van der Waals surface area contributed by atoms with Gasteiger partial charge in [0.25, 0.3) is 0 Å². The van der Waals surface area contributed by atoms with Gasteiger partial charge in [0.05, 0.1) is 0 Å². The Bertz CT molecular complexity index is 339. The Kier molecular flexibility index (Phi) is 2.59. The third-order valence-corrected chi connectivity index (χ3v) is 1.78. The molecule has 0 spiro atoms. The molecule has 0 saturated heterocycles. The maximum atomic E-state index is 10.7. The maximum Gasteiger partial charge on any atom is 0.323 e. The first-order chi connectivity index (χ1) is 5.24. The summed E-state index contributed by atoms with van der Waals surface area (Å²) in [5.74, 6) is 0. The number of aryl methyl sites for hydroxylation is 1. The van der Waals surface area contributed by atoms with Crippen LogP contribution in [-0.4, -0.2) is 9.97 Å². The lowest BCUT2D eigenvalue weighted by molar-refractivity contribution is 0.884. The predicted molar refractivity (Wildman–Crippen MR) is 46.2 cm³/mol. The first-order valence-electron chi connectivity index (χ1n) is 3.55. The molecule has 0 radical (unpaired) electrons.